The SMILES string of the molecule is CC(C)(C)OC(=O)N(CCC1CO1)CC(N)=O. The number of epoxide rings is 1. The van der Waals surface area contributed by atoms with E-state index < -0.39 is 17.6 Å². The molecule has 0 spiro atoms. The van der Waals surface area contributed by atoms with Crippen molar-refractivity contribution < 1.29 is 19.1 Å². The molecule has 0 aromatic carbocycles. The van der Waals surface area contributed by atoms with Crippen molar-refractivity contribution in [1.82, 2.24) is 4.90 Å². The average molecular weight is 244 g/mol. The van der Waals surface area contributed by atoms with Gasteiger partial charge in [0.25, 0.3) is 0 Å². The lowest BCUT2D eigenvalue weighted by Crippen LogP contribution is -2.42. The molecule has 6 heteroatoms. The molecule has 6 nitrogen and oxygen atoms in total. The van der Waals surface area contributed by atoms with E-state index in [4.69, 9.17) is 15.2 Å². The first kappa shape index (κ1) is 13.8. The van der Waals surface area contributed by atoms with Gasteiger partial charge in [-0.3, -0.25) is 9.69 Å². The first-order valence-corrected chi connectivity index (χ1v) is 5.66. The molecule has 1 heterocycles. The van der Waals surface area contributed by atoms with Gasteiger partial charge >= 0.3 is 6.09 Å². The fourth-order valence-electron chi connectivity index (χ4n) is 1.28. The molecule has 1 fully saturated rings. The highest BCUT2D eigenvalue weighted by Gasteiger charge is 2.27. The number of carbonyl (C=O) groups is 2. The van der Waals surface area contributed by atoms with Crippen LogP contribution in [0.1, 0.15) is 27.2 Å². The Morgan fingerprint density at radius 3 is 2.47 bits per heavy atom. The van der Waals surface area contributed by atoms with E-state index in [0.717, 1.165) is 6.61 Å². The first-order valence-electron chi connectivity index (χ1n) is 5.66. The summed E-state index contributed by atoms with van der Waals surface area (Å²) in [6.45, 7) is 6.34. The molecule has 1 aliphatic heterocycles. The zero-order chi connectivity index (χ0) is 13.1. The summed E-state index contributed by atoms with van der Waals surface area (Å²) in [6, 6.07) is 0. The summed E-state index contributed by atoms with van der Waals surface area (Å²) in [7, 11) is 0. The van der Waals surface area contributed by atoms with Crippen LogP contribution in [0.15, 0.2) is 0 Å². The second-order valence-electron chi connectivity index (χ2n) is 5.11. The van der Waals surface area contributed by atoms with Crippen molar-refractivity contribution in [2.75, 3.05) is 19.7 Å². The molecular weight excluding hydrogens is 224 g/mol. The van der Waals surface area contributed by atoms with Gasteiger partial charge in [0.15, 0.2) is 0 Å². The minimum absolute atomic E-state index is 0.123. The second-order valence-corrected chi connectivity index (χ2v) is 5.11. The highest BCUT2D eigenvalue weighted by molar-refractivity contribution is 5.80. The van der Waals surface area contributed by atoms with Gasteiger partial charge in [0.05, 0.1) is 12.7 Å². The molecule has 1 aliphatic rings. The molecule has 0 bridgehead atoms. The van der Waals surface area contributed by atoms with Crippen molar-refractivity contribution in [3.63, 3.8) is 0 Å². The normalized spacial score (nSPS) is 18.6. The average Bonchev–Trinajstić information content (AvgIpc) is 2.91. The smallest absolute Gasteiger partial charge is 0.410 e. The Hall–Kier alpha value is -1.30. The quantitative estimate of drug-likeness (QED) is 0.713. The largest absolute Gasteiger partial charge is 0.444 e. The van der Waals surface area contributed by atoms with E-state index in [2.05, 4.69) is 0 Å². The van der Waals surface area contributed by atoms with Gasteiger partial charge in [-0.25, -0.2) is 4.79 Å². The summed E-state index contributed by atoms with van der Waals surface area (Å²) >= 11 is 0. The third-order valence-electron chi connectivity index (χ3n) is 2.12. The maximum atomic E-state index is 11.8. The summed E-state index contributed by atoms with van der Waals surface area (Å²) in [5.74, 6) is -0.549. The van der Waals surface area contributed by atoms with Crippen molar-refractivity contribution >= 4 is 12.0 Å². The fraction of sp³-hybridized carbons (Fsp3) is 0.818. The molecule has 2 amide bonds. The number of nitrogens with zero attached hydrogens (tertiary/aromatic N) is 1. The van der Waals surface area contributed by atoms with Crippen LogP contribution in [-0.2, 0) is 14.3 Å². The Bertz CT molecular complexity index is 294. The minimum atomic E-state index is -0.580. The van der Waals surface area contributed by atoms with E-state index in [1.807, 2.05) is 0 Å². The third-order valence-corrected chi connectivity index (χ3v) is 2.12. The van der Waals surface area contributed by atoms with E-state index in [1.54, 1.807) is 20.8 Å². The molecule has 0 aromatic rings. The third kappa shape index (κ3) is 6.11. The van der Waals surface area contributed by atoms with Crippen LogP contribution in [0.4, 0.5) is 4.79 Å². The summed E-state index contributed by atoms with van der Waals surface area (Å²) in [4.78, 5) is 24.0. The molecule has 0 radical (unpaired) electrons. The Kier molecular flexibility index (Phi) is 4.34. The zero-order valence-electron chi connectivity index (χ0n) is 10.6. The standard InChI is InChI=1S/C11H20N2O4/c1-11(2,3)17-10(15)13(6-9(12)14)5-4-8-7-16-8/h8H,4-7H2,1-3H3,(H2,12,14). The molecule has 98 valence electrons. The zero-order valence-corrected chi connectivity index (χ0v) is 10.6. The number of carbonyl (C=O) groups excluding carboxylic acids is 2. The van der Waals surface area contributed by atoms with Crippen LogP contribution in [0.3, 0.4) is 0 Å². The Morgan fingerprint density at radius 2 is 2.06 bits per heavy atom. The van der Waals surface area contributed by atoms with Crippen molar-refractivity contribution in [2.45, 2.75) is 38.9 Å². The molecule has 1 atom stereocenters. The molecule has 2 N–H and O–H groups in total. The van der Waals surface area contributed by atoms with Crippen LogP contribution in [-0.4, -0.2) is 48.3 Å². The molecule has 0 aliphatic carbocycles. The van der Waals surface area contributed by atoms with Gasteiger partial charge in [-0.15, -0.1) is 0 Å². The van der Waals surface area contributed by atoms with Crippen molar-refractivity contribution in [3.05, 3.63) is 0 Å². The predicted molar refractivity (Wildman–Crippen MR) is 61.4 cm³/mol. The fourth-order valence-corrected chi connectivity index (χ4v) is 1.28. The number of nitrogens with two attached hydrogens (primary N) is 1. The van der Waals surface area contributed by atoms with Gasteiger partial charge in [0, 0.05) is 6.54 Å². The summed E-state index contributed by atoms with van der Waals surface area (Å²) < 4.78 is 10.2. The van der Waals surface area contributed by atoms with Crippen molar-refractivity contribution in [1.29, 1.82) is 0 Å². The first-order chi connectivity index (χ1) is 7.78. The molecule has 1 saturated heterocycles. The van der Waals surface area contributed by atoms with Crippen molar-refractivity contribution in [3.8, 4) is 0 Å². The lowest BCUT2D eigenvalue weighted by Gasteiger charge is -2.26. The number of ether oxygens (including phenoxy) is 2. The van der Waals surface area contributed by atoms with Crippen molar-refractivity contribution in [2.24, 2.45) is 5.73 Å². The highest BCUT2D eigenvalue weighted by Crippen LogP contribution is 2.15. The monoisotopic (exact) mass is 244 g/mol. The second kappa shape index (κ2) is 5.35. The maximum absolute atomic E-state index is 11.8. The van der Waals surface area contributed by atoms with E-state index in [1.165, 1.54) is 4.90 Å². The molecule has 17 heavy (non-hydrogen) atoms. The van der Waals surface area contributed by atoms with Gasteiger partial charge in [0.1, 0.15) is 12.1 Å². The summed E-state index contributed by atoms with van der Waals surface area (Å²) in [5, 5.41) is 0. The summed E-state index contributed by atoms with van der Waals surface area (Å²) in [5.41, 5.74) is 4.52. The van der Waals surface area contributed by atoms with E-state index in [0.29, 0.717) is 13.0 Å². The lowest BCUT2D eigenvalue weighted by molar-refractivity contribution is -0.119. The van der Waals surface area contributed by atoms with E-state index >= 15 is 0 Å². The highest BCUT2D eigenvalue weighted by atomic mass is 16.6. The van der Waals surface area contributed by atoms with Gasteiger partial charge in [0.2, 0.25) is 5.91 Å². The van der Waals surface area contributed by atoms with Gasteiger partial charge in [-0.1, -0.05) is 0 Å². The maximum Gasteiger partial charge on any atom is 0.410 e. The van der Waals surface area contributed by atoms with Crippen LogP contribution < -0.4 is 5.73 Å². The number of amides is 2. The number of rotatable bonds is 5. The molecule has 1 unspecified atom stereocenters. The Morgan fingerprint density at radius 1 is 1.47 bits per heavy atom. The van der Waals surface area contributed by atoms with Crippen LogP contribution >= 0.6 is 0 Å². The van der Waals surface area contributed by atoms with Crippen LogP contribution in [0.2, 0.25) is 0 Å². The minimum Gasteiger partial charge on any atom is -0.444 e. The van der Waals surface area contributed by atoms with Gasteiger partial charge < -0.3 is 15.2 Å². The van der Waals surface area contributed by atoms with Gasteiger partial charge in [-0.2, -0.15) is 0 Å². The van der Waals surface area contributed by atoms with E-state index in [-0.39, 0.29) is 12.6 Å². The van der Waals surface area contributed by atoms with Crippen LogP contribution in [0.5, 0.6) is 0 Å². The molecule has 0 saturated carbocycles. The Labute approximate surface area is 101 Å². The van der Waals surface area contributed by atoms with Gasteiger partial charge in [-0.05, 0) is 27.2 Å². The van der Waals surface area contributed by atoms with Crippen LogP contribution in [0.25, 0.3) is 0 Å². The Balaban J connectivity index is 2.47. The topological polar surface area (TPSA) is 85.2 Å². The predicted octanol–water partition coefficient (Wildman–Crippen LogP) is 0.498. The molecule has 0 aromatic heterocycles. The summed E-state index contributed by atoms with van der Waals surface area (Å²) in [6.07, 6.45) is 0.386. The van der Waals surface area contributed by atoms with Crippen LogP contribution in [0, 0.1) is 0 Å². The number of hydrogen-bond donors (Lipinski definition) is 1. The number of primary amides is 1. The lowest BCUT2D eigenvalue weighted by atomic mass is 10.2. The molecule has 1 rings (SSSR count). The number of hydrogen-bond acceptors (Lipinski definition) is 4. The van der Waals surface area contributed by atoms with E-state index in [9.17, 15) is 9.59 Å². The molecular formula is C11H20N2O4.